The van der Waals surface area contributed by atoms with Gasteiger partial charge in [-0.25, -0.2) is 13.6 Å². The van der Waals surface area contributed by atoms with Gasteiger partial charge in [0.2, 0.25) is 0 Å². The molecule has 0 bridgehead atoms. The van der Waals surface area contributed by atoms with E-state index >= 15 is 0 Å². The number of hydrogen-bond acceptors (Lipinski definition) is 4. The summed E-state index contributed by atoms with van der Waals surface area (Å²) >= 11 is 0. The number of nitro groups is 1. The number of nitro benzene ring substituents is 1. The van der Waals surface area contributed by atoms with Gasteiger partial charge in [-0.05, 0) is 25.3 Å². The molecule has 1 aliphatic rings. The van der Waals surface area contributed by atoms with Gasteiger partial charge < -0.3 is 10.0 Å². The lowest BCUT2D eigenvalue weighted by molar-refractivity contribution is -0.385. The molecular formula is C13H14F2N2O4. The molecule has 1 saturated heterocycles. The van der Waals surface area contributed by atoms with Crippen molar-refractivity contribution in [2.75, 3.05) is 11.4 Å². The van der Waals surface area contributed by atoms with Gasteiger partial charge in [-0.15, -0.1) is 0 Å². The Morgan fingerprint density at radius 3 is 2.71 bits per heavy atom. The molecule has 1 fully saturated rings. The molecule has 0 spiro atoms. The highest BCUT2D eigenvalue weighted by atomic mass is 19.3. The van der Waals surface area contributed by atoms with Crippen molar-refractivity contribution >= 4 is 17.3 Å². The molecular weight excluding hydrogens is 286 g/mol. The second kappa shape index (κ2) is 6.02. The average molecular weight is 300 g/mol. The van der Waals surface area contributed by atoms with Crippen molar-refractivity contribution in [3.63, 3.8) is 0 Å². The highest BCUT2D eigenvalue weighted by Crippen LogP contribution is 2.36. The predicted molar refractivity (Wildman–Crippen MR) is 70.7 cm³/mol. The molecule has 1 atom stereocenters. The van der Waals surface area contributed by atoms with Crippen molar-refractivity contribution < 1.29 is 23.6 Å². The Balaban J connectivity index is 2.46. The number of carbonyl (C=O) groups is 1. The van der Waals surface area contributed by atoms with E-state index in [2.05, 4.69) is 0 Å². The van der Waals surface area contributed by atoms with Gasteiger partial charge in [0.05, 0.1) is 4.92 Å². The summed E-state index contributed by atoms with van der Waals surface area (Å²) in [5, 5.41) is 19.9. The summed E-state index contributed by atoms with van der Waals surface area (Å²) in [6.07, 6.45) is -1.13. The fourth-order valence-electron chi connectivity index (χ4n) is 2.57. The van der Waals surface area contributed by atoms with Gasteiger partial charge in [0.1, 0.15) is 6.04 Å². The van der Waals surface area contributed by atoms with Crippen molar-refractivity contribution in [3.8, 4) is 0 Å². The van der Waals surface area contributed by atoms with Crippen LogP contribution < -0.4 is 4.90 Å². The third kappa shape index (κ3) is 3.09. The topological polar surface area (TPSA) is 83.7 Å². The Kier molecular flexibility index (Phi) is 4.35. The molecule has 21 heavy (non-hydrogen) atoms. The van der Waals surface area contributed by atoms with Crippen LogP contribution in [0.3, 0.4) is 0 Å². The lowest BCUT2D eigenvalue weighted by Gasteiger charge is -2.35. The maximum Gasteiger partial charge on any atom is 0.326 e. The summed E-state index contributed by atoms with van der Waals surface area (Å²) in [7, 11) is 0. The molecule has 2 rings (SSSR count). The van der Waals surface area contributed by atoms with E-state index in [1.54, 1.807) is 0 Å². The van der Waals surface area contributed by atoms with E-state index in [0.29, 0.717) is 25.8 Å². The Morgan fingerprint density at radius 1 is 1.43 bits per heavy atom. The summed E-state index contributed by atoms with van der Waals surface area (Å²) < 4.78 is 26.3. The monoisotopic (exact) mass is 300 g/mol. The number of alkyl halides is 2. The maximum atomic E-state index is 13.2. The second-order valence-electron chi connectivity index (χ2n) is 4.84. The van der Waals surface area contributed by atoms with Crippen LogP contribution in [0.4, 0.5) is 20.2 Å². The molecule has 1 unspecified atom stereocenters. The molecule has 0 saturated carbocycles. The molecule has 114 valence electrons. The highest BCUT2D eigenvalue weighted by molar-refractivity contribution is 5.79. The number of non-ortho nitro benzene ring substituents is 1. The largest absolute Gasteiger partial charge is 0.480 e. The zero-order valence-electron chi connectivity index (χ0n) is 11.0. The predicted octanol–water partition coefficient (Wildman–Crippen LogP) is 2.98. The minimum absolute atomic E-state index is 0.0581. The molecule has 8 heteroatoms. The molecule has 6 nitrogen and oxygen atoms in total. The van der Waals surface area contributed by atoms with E-state index in [1.807, 2.05) is 0 Å². The van der Waals surface area contributed by atoms with Crippen LogP contribution >= 0.6 is 0 Å². The fourth-order valence-corrected chi connectivity index (χ4v) is 2.57. The third-order valence-electron chi connectivity index (χ3n) is 3.55. The fraction of sp³-hybridized carbons (Fsp3) is 0.462. The van der Waals surface area contributed by atoms with Gasteiger partial charge >= 0.3 is 5.97 Å². The van der Waals surface area contributed by atoms with E-state index in [1.165, 1.54) is 11.0 Å². The Morgan fingerprint density at radius 2 is 2.14 bits per heavy atom. The molecule has 1 aromatic rings. The van der Waals surface area contributed by atoms with Gasteiger partial charge in [0.25, 0.3) is 12.1 Å². The van der Waals surface area contributed by atoms with Crippen LogP contribution in [-0.2, 0) is 4.79 Å². The molecule has 1 heterocycles. The van der Waals surface area contributed by atoms with Crippen LogP contribution in [0.15, 0.2) is 18.2 Å². The average Bonchev–Trinajstić information content (AvgIpc) is 2.46. The van der Waals surface area contributed by atoms with Crippen LogP contribution in [0.25, 0.3) is 0 Å². The number of halogens is 2. The number of benzene rings is 1. The molecule has 1 aromatic carbocycles. The summed E-state index contributed by atoms with van der Waals surface area (Å²) in [4.78, 5) is 22.6. The summed E-state index contributed by atoms with van der Waals surface area (Å²) in [6, 6.07) is 2.26. The minimum Gasteiger partial charge on any atom is -0.480 e. The van der Waals surface area contributed by atoms with Crippen LogP contribution in [0, 0.1) is 10.1 Å². The lowest BCUT2D eigenvalue weighted by atomic mass is 9.99. The summed E-state index contributed by atoms with van der Waals surface area (Å²) in [6.45, 7) is 0.342. The molecule has 1 aliphatic heterocycles. The quantitative estimate of drug-likeness (QED) is 0.682. The van der Waals surface area contributed by atoms with E-state index in [0.717, 1.165) is 12.1 Å². The summed E-state index contributed by atoms with van der Waals surface area (Å²) in [5.41, 5.74) is -0.877. The van der Waals surface area contributed by atoms with Crippen molar-refractivity contribution in [1.82, 2.24) is 0 Å². The second-order valence-corrected chi connectivity index (χ2v) is 4.84. The van der Waals surface area contributed by atoms with Crippen molar-refractivity contribution in [2.24, 2.45) is 0 Å². The number of carboxylic acids is 1. The highest BCUT2D eigenvalue weighted by Gasteiger charge is 2.32. The number of carboxylic acid groups (broad SMARTS) is 1. The smallest absolute Gasteiger partial charge is 0.326 e. The third-order valence-corrected chi connectivity index (χ3v) is 3.55. The number of rotatable bonds is 4. The first-order chi connectivity index (χ1) is 9.91. The van der Waals surface area contributed by atoms with Crippen LogP contribution in [-0.4, -0.2) is 28.6 Å². The zero-order chi connectivity index (χ0) is 15.6. The number of aliphatic carboxylic acids is 1. The Labute approximate surface area is 119 Å². The molecule has 0 aliphatic carbocycles. The number of piperidine rings is 1. The minimum atomic E-state index is -2.91. The number of nitrogens with zero attached hydrogens (tertiary/aromatic N) is 2. The van der Waals surface area contributed by atoms with Gasteiger partial charge in [0.15, 0.2) is 0 Å². The van der Waals surface area contributed by atoms with Crippen LogP contribution in [0.5, 0.6) is 0 Å². The van der Waals surface area contributed by atoms with Crippen molar-refractivity contribution in [3.05, 3.63) is 33.9 Å². The van der Waals surface area contributed by atoms with E-state index in [-0.39, 0.29) is 5.69 Å². The summed E-state index contributed by atoms with van der Waals surface area (Å²) in [5.74, 6) is -1.08. The van der Waals surface area contributed by atoms with E-state index < -0.39 is 34.6 Å². The van der Waals surface area contributed by atoms with Crippen LogP contribution in [0.2, 0.25) is 0 Å². The van der Waals surface area contributed by atoms with Gasteiger partial charge in [-0.2, -0.15) is 0 Å². The first-order valence-electron chi connectivity index (χ1n) is 6.47. The molecule has 0 radical (unpaired) electrons. The van der Waals surface area contributed by atoms with Crippen molar-refractivity contribution in [1.29, 1.82) is 0 Å². The molecule has 1 N–H and O–H groups in total. The van der Waals surface area contributed by atoms with E-state index in [4.69, 9.17) is 0 Å². The zero-order valence-corrected chi connectivity index (χ0v) is 11.0. The SMILES string of the molecule is O=C(O)C1CCCCN1c1ccc([N+](=O)[O-])cc1C(F)F. The Hall–Kier alpha value is -2.25. The molecule has 0 aromatic heterocycles. The first-order valence-corrected chi connectivity index (χ1v) is 6.47. The van der Waals surface area contributed by atoms with Gasteiger partial charge in [-0.1, -0.05) is 0 Å². The van der Waals surface area contributed by atoms with Crippen LogP contribution in [0.1, 0.15) is 31.3 Å². The lowest BCUT2D eigenvalue weighted by Crippen LogP contribution is -2.45. The maximum absolute atomic E-state index is 13.2. The number of hydrogen-bond donors (Lipinski definition) is 1. The Bertz CT molecular complexity index is 565. The molecule has 0 amide bonds. The van der Waals surface area contributed by atoms with Gasteiger partial charge in [0, 0.05) is 29.9 Å². The normalized spacial score (nSPS) is 18.8. The van der Waals surface area contributed by atoms with Gasteiger partial charge in [-0.3, -0.25) is 10.1 Å². The van der Waals surface area contributed by atoms with E-state index in [9.17, 15) is 28.8 Å². The standard InChI is InChI=1S/C13H14F2N2O4/c14-12(15)9-7-8(17(20)21)4-5-10(9)16-6-2-1-3-11(16)13(18)19/h4-5,7,11-12H,1-3,6H2,(H,18,19). The van der Waals surface area contributed by atoms with Crippen molar-refractivity contribution in [2.45, 2.75) is 31.7 Å². The first kappa shape index (κ1) is 15.1. The number of anilines is 1.